The predicted octanol–water partition coefficient (Wildman–Crippen LogP) is 6.23. The quantitative estimate of drug-likeness (QED) is 0.497. The molecule has 0 aliphatic carbocycles. The molecule has 130 valence electrons. The fourth-order valence-corrected chi connectivity index (χ4v) is 3.95. The minimum Gasteiger partial charge on any atom is -0.429 e. The lowest BCUT2D eigenvalue weighted by Gasteiger charge is -2.20. The van der Waals surface area contributed by atoms with Gasteiger partial charge in [0, 0.05) is 17.2 Å². The van der Waals surface area contributed by atoms with Crippen molar-refractivity contribution in [2.75, 3.05) is 11.8 Å². The number of alkyl halides is 3. The van der Waals surface area contributed by atoms with Gasteiger partial charge < -0.3 is 9.61 Å². The Bertz CT molecular complexity index is 743. The van der Waals surface area contributed by atoms with Crippen molar-refractivity contribution < 1.29 is 22.3 Å². The Hall–Kier alpha value is -1.59. The highest BCUT2D eigenvalue weighted by Crippen LogP contribution is 2.45. The SMILES string of the molecule is Cc1cccc(C)c1O[P@@](C)(=O)Nc1ccc(SC(F)(F)F)cc1. The van der Waals surface area contributed by atoms with Gasteiger partial charge in [-0.15, -0.1) is 0 Å². The fourth-order valence-electron chi connectivity index (χ4n) is 2.11. The summed E-state index contributed by atoms with van der Waals surface area (Å²) in [7, 11) is -3.23. The van der Waals surface area contributed by atoms with Gasteiger partial charge in [0.2, 0.25) is 0 Å². The van der Waals surface area contributed by atoms with Crippen LogP contribution in [-0.2, 0) is 4.57 Å². The molecule has 2 aromatic carbocycles. The first-order chi connectivity index (χ1) is 11.1. The molecule has 0 saturated carbocycles. The van der Waals surface area contributed by atoms with Crippen LogP contribution in [0.5, 0.6) is 5.75 Å². The molecule has 0 radical (unpaired) electrons. The topological polar surface area (TPSA) is 38.3 Å². The van der Waals surface area contributed by atoms with E-state index in [1.165, 1.54) is 30.9 Å². The number of aryl methyl sites for hydroxylation is 2. The summed E-state index contributed by atoms with van der Waals surface area (Å²) in [5, 5.41) is 2.75. The second-order valence-corrected chi connectivity index (χ2v) is 8.58. The predicted molar refractivity (Wildman–Crippen MR) is 92.1 cm³/mol. The van der Waals surface area contributed by atoms with Gasteiger partial charge in [-0.3, -0.25) is 4.57 Å². The Morgan fingerprint density at radius 1 is 1.04 bits per heavy atom. The summed E-state index contributed by atoms with van der Waals surface area (Å²) in [5.41, 5.74) is -2.19. The maximum atomic E-state index is 12.7. The molecule has 2 aromatic rings. The number of thioether (sulfide) groups is 1. The van der Waals surface area contributed by atoms with Crippen molar-refractivity contribution in [1.29, 1.82) is 0 Å². The van der Waals surface area contributed by atoms with Crippen LogP contribution in [0.4, 0.5) is 18.9 Å². The Balaban J connectivity index is 2.10. The molecule has 0 amide bonds. The van der Waals surface area contributed by atoms with E-state index in [-0.39, 0.29) is 16.7 Å². The zero-order valence-corrected chi connectivity index (χ0v) is 15.1. The third-order valence-electron chi connectivity index (χ3n) is 3.09. The van der Waals surface area contributed by atoms with Crippen molar-refractivity contribution in [3.63, 3.8) is 0 Å². The van der Waals surface area contributed by atoms with E-state index >= 15 is 0 Å². The number of hydrogen-bond acceptors (Lipinski definition) is 3. The summed E-state index contributed by atoms with van der Waals surface area (Å²) in [4.78, 5) is 0.0645. The smallest absolute Gasteiger partial charge is 0.429 e. The lowest BCUT2D eigenvalue weighted by Crippen LogP contribution is -2.04. The molecule has 0 aliphatic rings. The normalized spacial score (nSPS) is 14.1. The Morgan fingerprint density at radius 2 is 1.58 bits per heavy atom. The molecule has 1 atom stereocenters. The monoisotopic (exact) mass is 375 g/mol. The molecule has 0 fully saturated rings. The van der Waals surface area contributed by atoms with Crippen LogP contribution in [0.2, 0.25) is 0 Å². The van der Waals surface area contributed by atoms with Gasteiger partial charge >= 0.3 is 13.0 Å². The van der Waals surface area contributed by atoms with Crippen LogP contribution >= 0.6 is 19.3 Å². The van der Waals surface area contributed by atoms with Gasteiger partial charge in [-0.05, 0) is 61.0 Å². The van der Waals surface area contributed by atoms with E-state index in [4.69, 9.17) is 4.52 Å². The van der Waals surface area contributed by atoms with Gasteiger partial charge in [-0.25, -0.2) is 0 Å². The Labute approximate surface area is 143 Å². The number of halogens is 3. The van der Waals surface area contributed by atoms with Gasteiger partial charge in [0.05, 0.1) is 0 Å². The van der Waals surface area contributed by atoms with Crippen molar-refractivity contribution in [1.82, 2.24) is 0 Å². The second kappa shape index (κ2) is 7.11. The van der Waals surface area contributed by atoms with Crippen LogP contribution < -0.4 is 9.61 Å². The molecule has 0 aliphatic heterocycles. The molecule has 0 heterocycles. The summed E-state index contributed by atoms with van der Waals surface area (Å²) in [6.45, 7) is 5.13. The van der Waals surface area contributed by atoms with Gasteiger partial charge in [0.1, 0.15) is 5.75 Å². The van der Waals surface area contributed by atoms with Gasteiger partial charge in [0.25, 0.3) is 0 Å². The van der Waals surface area contributed by atoms with Crippen LogP contribution in [0.3, 0.4) is 0 Å². The van der Waals surface area contributed by atoms with Crippen LogP contribution in [0.25, 0.3) is 0 Å². The number of rotatable bonds is 5. The molecule has 8 heteroatoms. The van der Waals surface area contributed by atoms with E-state index in [0.717, 1.165) is 11.1 Å². The van der Waals surface area contributed by atoms with E-state index in [1.54, 1.807) is 0 Å². The maximum absolute atomic E-state index is 12.7. The van der Waals surface area contributed by atoms with Gasteiger partial charge in [-0.2, -0.15) is 13.2 Å². The number of para-hydroxylation sites is 1. The van der Waals surface area contributed by atoms with E-state index in [0.29, 0.717) is 11.4 Å². The summed E-state index contributed by atoms with van der Waals surface area (Å²) >= 11 is -0.194. The van der Waals surface area contributed by atoms with E-state index in [9.17, 15) is 17.7 Å². The minimum atomic E-state index is -4.33. The van der Waals surface area contributed by atoms with Crippen LogP contribution in [0.15, 0.2) is 47.4 Å². The average Bonchev–Trinajstić information content (AvgIpc) is 2.43. The lowest BCUT2D eigenvalue weighted by molar-refractivity contribution is -0.0328. The van der Waals surface area contributed by atoms with Gasteiger partial charge in [-0.1, -0.05) is 18.2 Å². The molecular formula is C16H17F3NO2PS. The molecule has 0 aromatic heterocycles. The number of hydrogen-bond donors (Lipinski definition) is 1. The third kappa shape index (κ3) is 5.49. The summed E-state index contributed by atoms with van der Waals surface area (Å²) in [6.07, 6.45) is 0. The Morgan fingerprint density at radius 3 is 2.08 bits per heavy atom. The summed E-state index contributed by atoms with van der Waals surface area (Å²) in [6, 6.07) is 11.1. The third-order valence-corrected chi connectivity index (χ3v) is 5.03. The molecule has 0 saturated heterocycles. The molecule has 0 unspecified atom stereocenters. The maximum Gasteiger partial charge on any atom is 0.446 e. The second-order valence-electron chi connectivity index (χ2n) is 5.34. The highest BCUT2D eigenvalue weighted by atomic mass is 32.2. The van der Waals surface area contributed by atoms with Crippen molar-refractivity contribution in [2.45, 2.75) is 24.3 Å². The van der Waals surface area contributed by atoms with E-state index in [1.807, 2.05) is 32.0 Å². The molecule has 3 nitrogen and oxygen atoms in total. The highest BCUT2D eigenvalue weighted by molar-refractivity contribution is 8.00. The molecule has 1 N–H and O–H groups in total. The van der Waals surface area contributed by atoms with Crippen molar-refractivity contribution in [2.24, 2.45) is 0 Å². The zero-order chi connectivity index (χ0) is 18.0. The zero-order valence-electron chi connectivity index (χ0n) is 13.3. The molecular weight excluding hydrogens is 358 g/mol. The van der Waals surface area contributed by atoms with Crippen LogP contribution in [-0.4, -0.2) is 12.2 Å². The number of benzene rings is 2. The fraction of sp³-hybridized carbons (Fsp3) is 0.250. The molecule has 0 spiro atoms. The molecule has 2 rings (SSSR count). The number of nitrogens with one attached hydrogen (secondary N) is 1. The van der Waals surface area contributed by atoms with Crippen LogP contribution in [0.1, 0.15) is 11.1 Å². The van der Waals surface area contributed by atoms with Crippen molar-refractivity contribution in [3.8, 4) is 5.75 Å². The summed E-state index contributed by atoms with van der Waals surface area (Å²) in [5.74, 6) is 0.542. The Kier molecular flexibility index (Phi) is 5.56. The first-order valence-electron chi connectivity index (χ1n) is 7.03. The lowest BCUT2D eigenvalue weighted by atomic mass is 10.1. The minimum absolute atomic E-state index is 0.0645. The first kappa shape index (κ1) is 18.7. The molecule has 0 bridgehead atoms. The van der Waals surface area contributed by atoms with Crippen LogP contribution in [0, 0.1) is 13.8 Å². The largest absolute Gasteiger partial charge is 0.446 e. The first-order valence-corrected chi connectivity index (χ1v) is 9.92. The van der Waals surface area contributed by atoms with Gasteiger partial charge in [0.15, 0.2) is 0 Å². The standard InChI is InChI=1S/C16H17F3NO2PS/c1-11-5-4-6-12(2)15(11)22-23(3,21)20-13-7-9-14(10-8-13)24-16(17,18)19/h4-10H,1-3H3,(H,20,21)/t23-/m1/s1. The van der Waals surface area contributed by atoms with Crippen molar-refractivity contribution in [3.05, 3.63) is 53.6 Å². The van der Waals surface area contributed by atoms with E-state index < -0.39 is 13.0 Å². The summed E-state index contributed by atoms with van der Waals surface area (Å²) < 4.78 is 55.2. The molecule has 24 heavy (non-hydrogen) atoms. The average molecular weight is 375 g/mol. The highest BCUT2D eigenvalue weighted by Gasteiger charge is 2.29. The van der Waals surface area contributed by atoms with Crippen molar-refractivity contribution >= 4 is 25.0 Å². The van der Waals surface area contributed by atoms with E-state index in [2.05, 4.69) is 5.09 Å². The number of anilines is 1.